The molecule has 0 aromatic heterocycles. The average molecular weight is 295 g/mol. The molecule has 112 valence electrons. The number of esters is 1. The minimum absolute atomic E-state index is 0.0557. The molecule has 0 saturated heterocycles. The van der Waals surface area contributed by atoms with Gasteiger partial charge in [0.1, 0.15) is 0 Å². The molecule has 1 atom stereocenters. The number of ether oxygens (including phenoxy) is 1. The Morgan fingerprint density at radius 1 is 1.24 bits per heavy atom. The first-order valence-corrected chi connectivity index (χ1v) is 5.83. The Labute approximate surface area is 119 Å². The maximum atomic E-state index is 11.7. The number of non-ortho nitro benzene ring substituents is 1. The van der Waals surface area contributed by atoms with Crippen molar-refractivity contribution in [3.63, 3.8) is 0 Å². The standard InChI is InChI=1S/C12H13N3O6/c1-7(10(16)14-12(18)13-2)21-11(17)8-3-5-9(6-4-8)15(19)20/h3-7H,1-2H3,(H2,13,14,16,18)/t7-/m0/s1. The number of hydrogen-bond acceptors (Lipinski definition) is 6. The Morgan fingerprint density at radius 3 is 2.29 bits per heavy atom. The van der Waals surface area contributed by atoms with Crippen LogP contribution in [0.5, 0.6) is 0 Å². The molecular formula is C12H13N3O6. The molecule has 9 heteroatoms. The number of nitro groups is 1. The van der Waals surface area contributed by atoms with Gasteiger partial charge < -0.3 is 10.1 Å². The summed E-state index contributed by atoms with van der Waals surface area (Å²) < 4.78 is 4.84. The van der Waals surface area contributed by atoms with Crippen molar-refractivity contribution in [3.8, 4) is 0 Å². The molecule has 0 aliphatic carbocycles. The van der Waals surface area contributed by atoms with Crippen LogP contribution in [0.15, 0.2) is 24.3 Å². The number of nitro benzene ring substituents is 1. The van der Waals surface area contributed by atoms with E-state index in [1.165, 1.54) is 26.1 Å². The summed E-state index contributed by atoms with van der Waals surface area (Å²) in [5.74, 6) is -1.62. The van der Waals surface area contributed by atoms with Crippen LogP contribution in [0.2, 0.25) is 0 Å². The van der Waals surface area contributed by atoms with Crippen LogP contribution in [-0.4, -0.2) is 36.0 Å². The molecule has 0 fully saturated rings. The van der Waals surface area contributed by atoms with Gasteiger partial charge in [0.15, 0.2) is 6.10 Å². The molecule has 0 spiro atoms. The number of rotatable bonds is 4. The molecule has 0 radical (unpaired) electrons. The van der Waals surface area contributed by atoms with E-state index in [-0.39, 0.29) is 11.3 Å². The second kappa shape index (κ2) is 6.98. The third-order valence-electron chi connectivity index (χ3n) is 2.43. The van der Waals surface area contributed by atoms with E-state index in [1.54, 1.807) is 0 Å². The number of imide groups is 1. The predicted molar refractivity (Wildman–Crippen MR) is 70.6 cm³/mol. The van der Waals surface area contributed by atoms with E-state index < -0.39 is 28.9 Å². The second-order valence-electron chi connectivity index (χ2n) is 3.92. The van der Waals surface area contributed by atoms with Crippen molar-refractivity contribution in [2.45, 2.75) is 13.0 Å². The zero-order valence-electron chi connectivity index (χ0n) is 11.3. The van der Waals surface area contributed by atoms with Crippen molar-refractivity contribution in [2.24, 2.45) is 0 Å². The number of carbonyl (C=O) groups excluding carboxylic acids is 3. The first-order valence-electron chi connectivity index (χ1n) is 5.83. The summed E-state index contributed by atoms with van der Waals surface area (Å²) in [6.07, 6.45) is -1.19. The smallest absolute Gasteiger partial charge is 0.338 e. The average Bonchev–Trinajstić information content (AvgIpc) is 2.46. The first-order chi connectivity index (χ1) is 9.85. The van der Waals surface area contributed by atoms with Crippen molar-refractivity contribution in [2.75, 3.05) is 7.05 Å². The first kappa shape index (κ1) is 16.1. The van der Waals surface area contributed by atoms with Crippen molar-refractivity contribution in [3.05, 3.63) is 39.9 Å². The van der Waals surface area contributed by atoms with E-state index in [0.29, 0.717) is 0 Å². The second-order valence-corrected chi connectivity index (χ2v) is 3.92. The SMILES string of the molecule is CNC(=O)NC(=O)[C@H](C)OC(=O)c1ccc([N+](=O)[O-])cc1. The van der Waals surface area contributed by atoms with Gasteiger partial charge in [0.2, 0.25) is 0 Å². The van der Waals surface area contributed by atoms with Gasteiger partial charge in [0, 0.05) is 19.2 Å². The lowest BCUT2D eigenvalue weighted by Crippen LogP contribution is -2.43. The molecule has 21 heavy (non-hydrogen) atoms. The number of urea groups is 1. The van der Waals surface area contributed by atoms with E-state index in [4.69, 9.17) is 4.74 Å². The van der Waals surface area contributed by atoms with Crippen molar-refractivity contribution < 1.29 is 24.0 Å². The van der Waals surface area contributed by atoms with Gasteiger partial charge in [-0.15, -0.1) is 0 Å². The number of nitrogens with zero attached hydrogens (tertiary/aromatic N) is 1. The van der Waals surface area contributed by atoms with Gasteiger partial charge in [-0.3, -0.25) is 20.2 Å². The highest BCUT2D eigenvalue weighted by atomic mass is 16.6. The van der Waals surface area contributed by atoms with Crippen LogP contribution < -0.4 is 10.6 Å². The fourth-order valence-corrected chi connectivity index (χ4v) is 1.28. The lowest BCUT2D eigenvalue weighted by molar-refractivity contribution is -0.384. The van der Waals surface area contributed by atoms with Gasteiger partial charge in [0.25, 0.3) is 11.6 Å². The summed E-state index contributed by atoms with van der Waals surface area (Å²) in [6, 6.07) is 3.99. The Hall–Kier alpha value is -2.97. The molecule has 0 saturated carbocycles. The summed E-state index contributed by atoms with van der Waals surface area (Å²) in [6.45, 7) is 1.29. The highest BCUT2D eigenvalue weighted by Crippen LogP contribution is 2.13. The van der Waals surface area contributed by atoms with Crippen molar-refractivity contribution in [1.29, 1.82) is 0 Å². The maximum absolute atomic E-state index is 11.7. The van der Waals surface area contributed by atoms with Gasteiger partial charge in [-0.2, -0.15) is 0 Å². The fraction of sp³-hybridized carbons (Fsp3) is 0.250. The molecule has 0 bridgehead atoms. The number of benzene rings is 1. The largest absolute Gasteiger partial charge is 0.449 e. The van der Waals surface area contributed by atoms with Crippen LogP contribution in [0.1, 0.15) is 17.3 Å². The summed E-state index contributed by atoms with van der Waals surface area (Å²) in [5.41, 5.74) is -0.114. The fourth-order valence-electron chi connectivity index (χ4n) is 1.28. The molecule has 1 aromatic carbocycles. The Morgan fingerprint density at radius 2 is 1.81 bits per heavy atom. The summed E-state index contributed by atoms with van der Waals surface area (Å²) in [5, 5.41) is 14.6. The summed E-state index contributed by atoms with van der Waals surface area (Å²) >= 11 is 0. The van der Waals surface area contributed by atoms with Crippen LogP contribution in [-0.2, 0) is 9.53 Å². The lowest BCUT2D eigenvalue weighted by atomic mass is 10.2. The van der Waals surface area contributed by atoms with Crippen molar-refractivity contribution >= 4 is 23.6 Å². The number of nitrogens with one attached hydrogen (secondary N) is 2. The van der Waals surface area contributed by atoms with Gasteiger partial charge in [-0.1, -0.05) is 0 Å². The molecular weight excluding hydrogens is 282 g/mol. The molecule has 3 amide bonds. The van der Waals surface area contributed by atoms with E-state index in [9.17, 15) is 24.5 Å². The van der Waals surface area contributed by atoms with Gasteiger partial charge in [0.05, 0.1) is 10.5 Å². The molecule has 2 N–H and O–H groups in total. The summed E-state index contributed by atoms with van der Waals surface area (Å²) in [7, 11) is 1.33. The molecule has 9 nitrogen and oxygen atoms in total. The van der Waals surface area contributed by atoms with Crippen LogP contribution in [0, 0.1) is 10.1 Å². The Bertz CT molecular complexity index is 569. The van der Waals surface area contributed by atoms with Crippen LogP contribution in [0.25, 0.3) is 0 Å². The summed E-state index contributed by atoms with van der Waals surface area (Å²) in [4.78, 5) is 44.0. The van der Waals surface area contributed by atoms with Gasteiger partial charge in [-0.25, -0.2) is 9.59 Å². The molecule has 0 unspecified atom stereocenters. The topological polar surface area (TPSA) is 128 Å². The monoisotopic (exact) mass is 295 g/mol. The highest BCUT2D eigenvalue weighted by Gasteiger charge is 2.20. The molecule has 1 rings (SSSR count). The molecule has 1 aromatic rings. The van der Waals surface area contributed by atoms with Crippen LogP contribution >= 0.6 is 0 Å². The third-order valence-corrected chi connectivity index (χ3v) is 2.43. The minimum atomic E-state index is -1.19. The minimum Gasteiger partial charge on any atom is -0.449 e. The lowest BCUT2D eigenvalue weighted by Gasteiger charge is -2.12. The maximum Gasteiger partial charge on any atom is 0.338 e. The quantitative estimate of drug-likeness (QED) is 0.475. The van der Waals surface area contributed by atoms with E-state index in [1.807, 2.05) is 5.32 Å². The highest BCUT2D eigenvalue weighted by molar-refractivity contribution is 5.98. The van der Waals surface area contributed by atoms with E-state index >= 15 is 0 Å². The zero-order valence-corrected chi connectivity index (χ0v) is 11.3. The third kappa shape index (κ3) is 4.56. The Balaban J connectivity index is 2.65. The van der Waals surface area contributed by atoms with Gasteiger partial charge in [-0.05, 0) is 19.1 Å². The number of hydrogen-bond donors (Lipinski definition) is 2. The van der Waals surface area contributed by atoms with Crippen LogP contribution in [0.3, 0.4) is 0 Å². The van der Waals surface area contributed by atoms with Gasteiger partial charge >= 0.3 is 12.0 Å². The number of amides is 3. The zero-order chi connectivity index (χ0) is 16.0. The Kier molecular flexibility index (Phi) is 5.35. The normalized spacial score (nSPS) is 11.1. The molecule has 0 heterocycles. The van der Waals surface area contributed by atoms with E-state index in [0.717, 1.165) is 12.1 Å². The molecule has 0 aliphatic heterocycles. The molecule has 0 aliphatic rings. The van der Waals surface area contributed by atoms with E-state index in [2.05, 4.69) is 5.32 Å². The number of carbonyl (C=O) groups is 3. The predicted octanol–water partition coefficient (Wildman–Crippen LogP) is 0.596. The van der Waals surface area contributed by atoms with Crippen molar-refractivity contribution in [1.82, 2.24) is 10.6 Å². The van der Waals surface area contributed by atoms with Crippen LogP contribution in [0.4, 0.5) is 10.5 Å².